The molecule has 0 bridgehead atoms. The van der Waals surface area contributed by atoms with Crippen molar-refractivity contribution < 1.29 is 9.90 Å². The van der Waals surface area contributed by atoms with Crippen molar-refractivity contribution >= 4 is 27.6 Å². The van der Waals surface area contributed by atoms with Gasteiger partial charge < -0.3 is 10.8 Å². The molecule has 1 aromatic rings. The summed E-state index contributed by atoms with van der Waals surface area (Å²) in [7, 11) is 0. The van der Waals surface area contributed by atoms with Crippen LogP contribution < -0.4 is 5.73 Å². The Morgan fingerprint density at radius 2 is 2.17 bits per heavy atom. The number of aromatic carboxylic acids is 1. The molecule has 12 heavy (non-hydrogen) atoms. The molecule has 0 heterocycles. The molecule has 0 aliphatic rings. The SMILES string of the molecule is Cc1c(N)ccc(Br)c1C(=O)O. The van der Waals surface area contributed by atoms with Gasteiger partial charge >= 0.3 is 5.97 Å². The quantitative estimate of drug-likeness (QED) is 0.725. The van der Waals surface area contributed by atoms with Gasteiger partial charge in [0.15, 0.2) is 0 Å². The van der Waals surface area contributed by atoms with Crippen LogP contribution in [0.2, 0.25) is 0 Å². The van der Waals surface area contributed by atoms with Crippen molar-refractivity contribution in [3.05, 3.63) is 27.7 Å². The van der Waals surface area contributed by atoms with E-state index in [1.54, 1.807) is 19.1 Å². The van der Waals surface area contributed by atoms with E-state index in [-0.39, 0.29) is 5.56 Å². The van der Waals surface area contributed by atoms with Gasteiger partial charge in [0, 0.05) is 10.2 Å². The summed E-state index contributed by atoms with van der Waals surface area (Å²) in [5, 5.41) is 8.79. The van der Waals surface area contributed by atoms with Crippen molar-refractivity contribution in [2.45, 2.75) is 6.92 Å². The van der Waals surface area contributed by atoms with Crippen LogP contribution in [0, 0.1) is 6.92 Å². The highest BCUT2D eigenvalue weighted by Gasteiger charge is 2.12. The number of rotatable bonds is 1. The van der Waals surface area contributed by atoms with Gasteiger partial charge in [-0.1, -0.05) is 0 Å². The molecule has 0 atom stereocenters. The molecule has 0 aliphatic carbocycles. The monoisotopic (exact) mass is 229 g/mol. The van der Waals surface area contributed by atoms with Crippen LogP contribution in [0.25, 0.3) is 0 Å². The Balaban J connectivity index is 3.43. The molecular formula is C8H8BrNO2. The molecule has 1 aromatic carbocycles. The number of hydrogen-bond donors (Lipinski definition) is 2. The Kier molecular flexibility index (Phi) is 2.38. The van der Waals surface area contributed by atoms with Crippen molar-refractivity contribution in [3.63, 3.8) is 0 Å². The molecule has 0 aliphatic heterocycles. The lowest BCUT2D eigenvalue weighted by molar-refractivity contribution is 0.0695. The van der Waals surface area contributed by atoms with E-state index in [0.29, 0.717) is 15.7 Å². The first-order chi connectivity index (χ1) is 5.54. The van der Waals surface area contributed by atoms with Gasteiger partial charge in [-0.25, -0.2) is 4.79 Å². The molecule has 1 rings (SSSR count). The zero-order valence-corrected chi connectivity index (χ0v) is 8.05. The fourth-order valence-electron chi connectivity index (χ4n) is 0.957. The number of nitrogens with two attached hydrogens (primary N) is 1. The first-order valence-corrected chi connectivity index (χ1v) is 4.11. The van der Waals surface area contributed by atoms with Gasteiger partial charge in [0.2, 0.25) is 0 Å². The van der Waals surface area contributed by atoms with Gasteiger partial charge in [-0.15, -0.1) is 0 Å². The average molecular weight is 230 g/mol. The maximum atomic E-state index is 10.7. The minimum atomic E-state index is -0.966. The maximum absolute atomic E-state index is 10.7. The van der Waals surface area contributed by atoms with E-state index < -0.39 is 5.97 Å². The largest absolute Gasteiger partial charge is 0.478 e. The van der Waals surface area contributed by atoms with Gasteiger partial charge in [-0.05, 0) is 40.5 Å². The summed E-state index contributed by atoms with van der Waals surface area (Å²) in [6, 6.07) is 3.30. The lowest BCUT2D eigenvalue weighted by Crippen LogP contribution is -2.03. The second-order valence-electron chi connectivity index (χ2n) is 2.44. The normalized spacial score (nSPS) is 9.83. The zero-order chi connectivity index (χ0) is 9.30. The van der Waals surface area contributed by atoms with Crippen LogP contribution in [0.5, 0.6) is 0 Å². The topological polar surface area (TPSA) is 63.3 Å². The average Bonchev–Trinajstić information content (AvgIpc) is 1.97. The predicted molar refractivity (Wildman–Crippen MR) is 50.3 cm³/mol. The third-order valence-electron chi connectivity index (χ3n) is 1.67. The third-order valence-corrected chi connectivity index (χ3v) is 2.33. The van der Waals surface area contributed by atoms with Crippen LogP contribution in [0.3, 0.4) is 0 Å². The van der Waals surface area contributed by atoms with E-state index in [9.17, 15) is 4.79 Å². The Labute approximate surface area is 78.3 Å². The predicted octanol–water partition coefficient (Wildman–Crippen LogP) is 2.04. The smallest absolute Gasteiger partial charge is 0.337 e. The van der Waals surface area contributed by atoms with Crippen LogP contribution in [0.1, 0.15) is 15.9 Å². The summed E-state index contributed by atoms with van der Waals surface area (Å²) in [5.74, 6) is -0.966. The molecule has 4 heteroatoms. The molecule has 0 unspecified atom stereocenters. The third kappa shape index (κ3) is 1.43. The van der Waals surface area contributed by atoms with Gasteiger partial charge in [0.1, 0.15) is 0 Å². The summed E-state index contributed by atoms with van der Waals surface area (Å²) in [4.78, 5) is 10.7. The van der Waals surface area contributed by atoms with Crippen LogP contribution in [0.4, 0.5) is 5.69 Å². The lowest BCUT2D eigenvalue weighted by Gasteiger charge is -2.05. The Hall–Kier alpha value is -1.03. The van der Waals surface area contributed by atoms with Crippen LogP contribution in [-0.2, 0) is 0 Å². The highest BCUT2D eigenvalue weighted by molar-refractivity contribution is 9.10. The molecule has 0 amide bonds. The Morgan fingerprint density at radius 1 is 1.58 bits per heavy atom. The number of carboxylic acids is 1. The number of carbonyl (C=O) groups is 1. The van der Waals surface area contributed by atoms with Crippen molar-refractivity contribution in [1.29, 1.82) is 0 Å². The molecule has 3 nitrogen and oxygen atoms in total. The lowest BCUT2D eigenvalue weighted by atomic mass is 10.1. The van der Waals surface area contributed by atoms with E-state index in [2.05, 4.69) is 15.9 Å². The molecule has 0 fully saturated rings. The molecule has 0 spiro atoms. The van der Waals surface area contributed by atoms with Gasteiger partial charge in [0.05, 0.1) is 5.56 Å². The summed E-state index contributed by atoms with van der Waals surface area (Å²) >= 11 is 3.15. The Bertz CT molecular complexity index is 336. The standard InChI is InChI=1S/C8H8BrNO2/c1-4-6(10)3-2-5(9)7(4)8(11)12/h2-3H,10H2,1H3,(H,11,12). The second kappa shape index (κ2) is 3.15. The second-order valence-corrected chi connectivity index (χ2v) is 3.30. The van der Waals surface area contributed by atoms with E-state index in [4.69, 9.17) is 10.8 Å². The zero-order valence-electron chi connectivity index (χ0n) is 6.47. The Morgan fingerprint density at radius 3 is 2.58 bits per heavy atom. The first kappa shape index (κ1) is 9.06. The summed E-state index contributed by atoms with van der Waals surface area (Å²) in [5.41, 5.74) is 6.86. The first-order valence-electron chi connectivity index (χ1n) is 3.32. The van der Waals surface area contributed by atoms with Crippen molar-refractivity contribution in [3.8, 4) is 0 Å². The minimum Gasteiger partial charge on any atom is -0.478 e. The van der Waals surface area contributed by atoms with Gasteiger partial charge in [-0.2, -0.15) is 0 Å². The van der Waals surface area contributed by atoms with E-state index in [0.717, 1.165) is 0 Å². The van der Waals surface area contributed by atoms with Crippen LogP contribution >= 0.6 is 15.9 Å². The fourth-order valence-corrected chi connectivity index (χ4v) is 1.56. The van der Waals surface area contributed by atoms with E-state index in [1.165, 1.54) is 0 Å². The van der Waals surface area contributed by atoms with Crippen LogP contribution in [-0.4, -0.2) is 11.1 Å². The highest BCUT2D eigenvalue weighted by Crippen LogP contribution is 2.24. The van der Waals surface area contributed by atoms with Crippen LogP contribution in [0.15, 0.2) is 16.6 Å². The molecule has 0 saturated carbocycles. The van der Waals surface area contributed by atoms with E-state index in [1.807, 2.05) is 0 Å². The van der Waals surface area contributed by atoms with Gasteiger partial charge in [-0.3, -0.25) is 0 Å². The fraction of sp³-hybridized carbons (Fsp3) is 0.125. The number of anilines is 1. The highest BCUT2D eigenvalue weighted by atomic mass is 79.9. The molecule has 0 aromatic heterocycles. The molecule has 64 valence electrons. The summed E-state index contributed by atoms with van der Waals surface area (Å²) in [6.07, 6.45) is 0. The minimum absolute atomic E-state index is 0.231. The number of halogens is 1. The molecule has 0 saturated heterocycles. The molecule has 0 radical (unpaired) electrons. The van der Waals surface area contributed by atoms with Crippen molar-refractivity contribution in [1.82, 2.24) is 0 Å². The number of carboxylic acid groups (broad SMARTS) is 1. The summed E-state index contributed by atoms with van der Waals surface area (Å²) < 4.78 is 0.557. The van der Waals surface area contributed by atoms with E-state index >= 15 is 0 Å². The van der Waals surface area contributed by atoms with Crippen molar-refractivity contribution in [2.75, 3.05) is 5.73 Å². The number of hydrogen-bond acceptors (Lipinski definition) is 2. The van der Waals surface area contributed by atoms with Crippen molar-refractivity contribution in [2.24, 2.45) is 0 Å². The number of benzene rings is 1. The molecule has 3 N–H and O–H groups in total. The summed E-state index contributed by atoms with van der Waals surface area (Å²) in [6.45, 7) is 1.68. The number of nitrogen functional groups attached to an aromatic ring is 1. The van der Waals surface area contributed by atoms with Gasteiger partial charge in [0.25, 0.3) is 0 Å². The maximum Gasteiger partial charge on any atom is 0.337 e. The molecular weight excluding hydrogens is 222 g/mol.